The Balaban J connectivity index is 1.95. The maximum atomic E-state index is 5.45. The SMILES string of the molecule is Nc1cnc(NCc2ncc[nH]2)nc1. The lowest BCUT2D eigenvalue weighted by atomic mass is 10.5. The Kier molecular flexibility index (Phi) is 2.26. The number of aromatic nitrogens is 4. The molecule has 2 heterocycles. The van der Waals surface area contributed by atoms with Crippen LogP contribution < -0.4 is 11.1 Å². The molecule has 0 bridgehead atoms. The Morgan fingerprint density at radius 2 is 2.07 bits per heavy atom. The number of hydrogen-bond donors (Lipinski definition) is 3. The van der Waals surface area contributed by atoms with Gasteiger partial charge in [0, 0.05) is 12.4 Å². The van der Waals surface area contributed by atoms with Crippen LogP contribution in [0.3, 0.4) is 0 Å². The van der Waals surface area contributed by atoms with Gasteiger partial charge in [0.25, 0.3) is 0 Å². The van der Waals surface area contributed by atoms with Crippen LogP contribution in [0.5, 0.6) is 0 Å². The number of aromatic amines is 1. The third-order valence-corrected chi connectivity index (χ3v) is 1.64. The van der Waals surface area contributed by atoms with Crippen molar-refractivity contribution in [3.63, 3.8) is 0 Å². The zero-order valence-electron chi connectivity index (χ0n) is 7.44. The number of nitrogens with one attached hydrogen (secondary N) is 2. The topological polar surface area (TPSA) is 92.5 Å². The van der Waals surface area contributed by atoms with Gasteiger partial charge in [0.05, 0.1) is 24.6 Å². The first-order chi connectivity index (χ1) is 6.84. The summed E-state index contributed by atoms with van der Waals surface area (Å²) in [7, 11) is 0. The largest absolute Gasteiger partial charge is 0.396 e. The van der Waals surface area contributed by atoms with Crippen LogP contribution in [0.4, 0.5) is 11.6 Å². The summed E-state index contributed by atoms with van der Waals surface area (Å²) < 4.78 is 0. The molecule has 6 heteroatoms. The number of nitrogens with zero attached hydrogens (tertiary/aromatic N) is 3. The predicted octanol–water partition coefficient (Wildman–Crippen LogP) is 0.394. The van der Waals surface area contributed by atoms with Crippen molar-refractivity contribution in [3.05, 3.63) is 30.6 Å². The van der Waals surface area contributed by atoms with Gasteiger partial charge in [0.15, 0.2) is 0 Å². The Hall–Kier alpha value is -2.11. The second-order valence-corrected chi connectivity index (χ2v) is 2.73. The van der Waals surface area contributed by atoms with Crippen molar-refractivity contribution in [1.29, 1.82) is 0 Å². The molecule has 0 fully saturated rings. The number of rotatable bonds is 3. The van der Waals surface area contributed by atoms with Crippen LogP contribution in [0, 0.1) is 0 Å². The Bertz CT molecular complexity index is 379. The zero-order valence-corrected chi connectivity index (χ0v) is 7.44. The fraction of sp³-hybridized carbons (Fsp3) is 0.125. The van der Waals surface area contributed by atoms with E-state index in [0.717, 1.165) is 5.82 Å². The van der Waals surface area contributed by atoms with E-state index >= 15 is 0 Å². The zero-order chi connectivity index (χ0) is 9.80. The summed E-state index contributed by atoms with van der Waals surface area (Å²) in [5, 5.41) is 3.00. The molecule has 14 heavy (non-hydrogen) atoms. The molecule has 0 atom stereocenters. The first-order valence-corrected chi connectivity index (χ1v) is 4.14. The Labute approximate surface area is 80.6 Å². The summed E-state index contributed by atoms with van der Waals surface area (Å²) in [6.07, 6.45) is 6.57. The molecule has 0 amide bonds. The molecule has 0 aromatic carbocycles. The summed E-state index contributed by atoms with van der Waals surface area (Å²) >= 11 is 0. The van der Waals surface area contributed by atoms with E-state index in [0.29, 0.717) is 18.2 Å². The molecular formula is C8H10N6. The molecule has 0 saturated carbocycles. The van der Waals surface area contributed by atoms with E-state index in [-0.39, 0.29) is 0 Å². The molecule has 2 aromatic rings. The molecule has 2 rings (SSSR count). The highest BCUT2D eigenvalue weighted by molar-refractivity contribution is 5.35. The lowest BCUT2D eigenvalue weighted by molar-refractivity contribution is 0.969. The Morgan fingerprint density at radius 1 is 1.29 bits per heavy atom. The van der Waals surface area contributed by atoms with Gasteiger partial charge >= 0.3 is 0 Å². The van der Waals surface area contributed by atoms with Crippen molar-refractivity contribution in [2.75, 3.05) is 11.1 Å². The average molecular weight is 190 g/mol. The molecule has 0 unspecified atom stereocenters. The molecule has 0 aliphatic heterocycles. The minimum atomic E-state index is 0.538. The number of imidazole rings is 1. The summed E-state index contributed by atoms with van der Waals surface area (Å²) in [5.74, 6) is 1.38. The van der Waals surface area contributed by atoms with Gasteiger partial charge in [-0.1, -0.05) is 0 Å². The summed E-state index contributed by atoms with van der Waals surface area (Å²) in [4.78, 5) is 15.0. The Morgan fingerprint density at radius 3 is 2.71 bits per heavy atom. The van der Waals surface area contributed by atoms with Gasteiger partial charge in [-0.2, -0.15) is 0 Å². The number of nitrogen functional groups attached to an aromatic ring is 1. The highest BCUT2D eigenvalue weighted by atomic mass is 15.1. The van der Waals surface area contributed by atoms with E-state index in [1.165, 1.54) is 0 Å². The molecule has 2 aromatic heterocycles. The maximum Gasteiger partial charge on any atom is 0.223 e. The average Bonchev–Trinajstić information content (AvgIpc) is 2.70. The van der Waals surface area contributed by atoms with Crippen molar-refractivity contribution in [2.45, 2.75) is 6.54 Å². The highest BCUT2D eigenvalue weighted by Gasteiger charge is 1.96. The third kappa shape index (κ3) is 1.98. The molecule has 72 valence electrons. The van der Waals surface area contributed by atoms with Crippen LogP contribution >= 0.6 is 0 Å². The van der Waals surface area contributed by atoms with E-state index < -0.39 is 0 Å². The molecule has 0 aliphatic carbocycles. The standard InChI is InChI=1S/C8H10N6/c9-6-3-12-8(13-4-6)14-5-7-10-1-2-11-7/h1-4H,5,9H2,(H,10,11)(H,12,13,14). The first-order valence-electron chi connectivity index (χ1n) is 4.14. The quantitative estimate of drug-likeness (QED) is 0.651. The van der Waals surface area contributed by atoms with Crippen LogP contribution in [0.1, 0.15) is 5.82 Å². The van der Waals surface area contributed by atoms with Crippen LogP contribution in [0.2, 0.25) is 0 Å². The molecule has 0 spiro atoms. The van der Waals surface area contributed by atoms with Crippen molar-refractivity contribution < 1.29 is 0 Å². The monoisotopic (exact) mass is 190 g/mol. The van der Waals surface area contributed by atoms with Gasteiger partial charge in [-0.3, -0.25) is 0 Å². The molecule has 0 radical (unpaired) electrons. The first kappa shape index (κ1) is 8.49. The van der Waals surface area contributed by atoms with Crippen LogP contribution in [-0.2, 0) is 6.54 Å². The van der Waals surface area contributed by atoms with Gasteiger partial charge in [-0.25, -0.2) is 15.0 Å². The van der Waals surface area contributed by atoms with E-state index in [4.69, 9.17) is 5.73 Å². The highest BCUT2D eigenvalue weighted by Crippen LogP contribution is 2.01. The lowest BCUT2D eigenvalue weighted by Crippen LogP contribution is -2.04. The van der Waals surface area contributed by atoms with Gasteiger partial charge in [-0.05, 0) is 0 Å². The number of anilines is 2. The summed E-state index contributed by atoms with van der Waals surface area (Å²) in [6.45, 7) is 0.566. The maximum absolute atomic E-state index is 5.45. The minimum absolute atomic E-state index is 0.538. The molecule has 6 nitrogen and oxygen atoms in total. The second kappa shape index (κ2) is 3.73. The van der Waals surface area contributed by atoms with E-state index in [2.05, 4.69) is 25.3 Å². The van der Waals surface area contributed by atoms with Gasteiger partial charge in [0.2, 0.25) is 5.95 Å². The molecule has 4 N–H and O–H groups in total. The van der Waals surface area contributed by atoms with Gasteiger partial charge in [0.1, 0.15) is 5.82 Å². The normalized spacial score (nSPS) is 10.0. The number of H-pyrrole nitrogens is 1. The smallest absolute Gasteiger partial charge is 0.223 e. The van der Waals surface area contributed by atoms with Crippen molar-refractivity contribution in [3.8, 4) is 0 Å². The predicted molar refractivity (Wildman–Crippen MR) is 52.4 cm³/mol. The second-order valence-electron chi connectivity index (χ2n) is 2.73. The summed E-state index contributed by atoms with van der Waals surface area (Å²) in [5.41, 5.74) is 6.00. The van der Waals surface area contributed by atoms with E-state index in [9.17, 15) is 0 Å². The van der Waals surface area contributed by atoms with E-state index in [1.807, 2.05) is 0 Å². The van der Waals surface area contributed by atoms with Crippen LogP contribution in [0.15, 0.2) is 24.8 Å². The van der Waals surface area contributed by atoms with Crippen molar-refractivity contribution >= 4 is 11.6 Å². The van der Waals surface area contributed by atoms with Crippen LogP contribution in [-0.4, -0.2) is 19.9 Å². The number of hydrogen-bond acceptors (Lipinski definition) is 5. The minimum Gasteiger partial charge on any atom is -0.396 e. The van der Waals surface area contributed by atoms with Gasteiger partial charge in [-0.15, -0.1) is 0 Å². The fourth-order valence-electron chi connectivity index (χ4n) is 0.987. The molecular weight excluding hydrogens is 180 g/mol. The van der Waals surface area contributed by atoms with Crippen molar-refractivity contribution in [1.82, 2.24) is 19.9 Å². The van der Waals surface area contributed by atoms with E-state index in [1.54, 1.807) is 24.8 Å². The number of nitrogens with two attached hydrogens (primary N) is 1. The molecule has 0 aliphatic rings. The van der Waals surface area contributed by atoms with Gasteiger partial charge < -0.3 is 16.0 Å². The van der Waals surface area contributed by atoms with Crippen molar-refractivity contribution in [2.24, 2.45) is 0 Å². The third-order valence-electron chi connectivity index (χ3n) is 1.64. The molecule has 0 saturated heterocycles. The lowest BCUT2D eigenvalue weighted by Gasteiger charge is -2.01. The fourth-order valence-corrected chi connectivity index (χ4v) is 0.987. The summed E-state index contributed by atoms with van der Waals surface area (Å²) in [6, 6.07) is 0. The van der Waals surface area contributed by atoms with Crippen LogP contribution in [0.25, 0.3) is 0 Å².